The first-order chi connectivity index (χ1) is 13.1. The largest absolute Gasteiger partial charge is 0.368 e. The Labute approximate surface area is 157 Å². The second-order valence-corrected chi connectivity index (χ2v) is 6.69. The number of hydrogen-bond acceptors (Lipinski definition) is 3. The highest BCUT2D eigenvalue weighted by atomic mass is 19.1. The number of hydrogen-bond donors (Lipinski definition) is 1. The zero-order chi connectivity index (χ0) is 18.8. The molecule has 0 atom stereocenters. The molecule has 3 amide bonds. The molecule has 7 heteroatoms. The van der Waals surface area contributed by atoms with E-state index in [-0.39, 0.29) is 17.8 Å². The fourth-order valence-electron chi connectivity index (χ4n) is 3.50. The molecule has 1 N–H and O–H groups in total. The Kier molecular flexibility index (Phi) is 4.66. The third-order valence-corrected chi connectivity index (χ3v) is 5.04. The van der Waals surface area contributed by atoms with Crippen LogP contribution in [0.5, 0.6) is 0 Å². The summed E-state index contributed by atoms with van der Waals surface area (Å²) in [7, 11) is 0. The number of halogens is 1. The van der Waals surface area contributed by atoms with Crippen LogP contribution in [0, 0.1) is 5.82 Å². The maximum atomic E-state index is 13.1. The molecular weight excluding hydrogens is 347 g/mol. The van der Waals surface area contributed by atoms with Gasteiger partial charge in [-0.15, -0.1) is 0 Å². The van der Waals surface area contributed by atoms with Crippen molar-refractivity contribution in [3.8, 4) is 0 Å². The Bertz CT molecular complexity index is 830. The van der Waals surface area contributed by atoms with Crippen LogP contribution in [0.1, 0.15) is 10.4 Å². The van der Waals surface area contributed by atoms with Crippen LogP contribution in [0.25, 0.3) is 0 Å². The first kappa shape index (κ1) is 17.3. The number of rotatable bonds is 3. The van der Waals surface area contributed by atoms with Crippen LogP contribution in [0.3, 0.4) is 0 Å². The van der Waals surface area contributed by atoms with Gasteiger partial charge >= 0.3 is 6.03 Å². The number of urea groups is 1. The third kappa shape index (κ3) is 3.58. The molecule has 0 bridgehead atoms. The summed E-state index contributed by atoms with van der Waals surface area (Å²) in [6.07, 6.45) is 0. The summed E-state index contributed by atoms with van der Waals surface area (Å²) in [6, 6.07) is 13.5. The monoisotopic (exact) mass is 368 g/mol. The highest BCUT2D eigenvalue weighted by Crippen LogP contribution is 2.20. The molecule has 2 saturated heterocycles. The third-order valence-electron chi connectivity index (χ3n) is 5.04. The Hall–Kier alpha value is -3.09. The topological polar surface area (TPSA) is 55.9 Å². The summed E-state index contributed by atoms with van der Waals surface area (Å²) >= 11 is 0. The molecule has 2 heterocycles. The molecule has 4 rings (SSSR count). The van der Waals surface area contributed by atoms with Gasteiger partial charge in [0, 0.05) is 56.2 Å². The predicted octanol–water partition coefficient (Wildman–Crippen LogP) is 2.32. The van der Waals surface area contributed by atoms with Crippen molar-refractivity contribution < 1.29 is 14.0 Å². The van der Waals surface area contributed by atoms with Gasteiger partial charge in [0.05, 0.1) is 0 Å². The van der Waals surface area contributed by atoms with Crippen molar-refractivity contribution in [1.82, 2.24) is 10.2 Å². The van der Waals surface area contributed by atoms with Crippen LogP contribution < -0.4 is 15.1 Å². The van der Waals surface area contributed by atoms with Gasteiger partial charge in [-0.25, -0.2) is 9.18 Å². The molecule has 6 nitrogen and oxygen atoms in total. The molecule has 0 aliphatic carbocycles. The minimum Gasteiger partial charge on any atom is -0.368 e. The minimum absolute atomic E-state index is 0.00817. The van der Waals surface area contributed by atoms with E-state index in [9.17, 15) is 14.0 Å². The first-order valence-corrected chi connectivity index (χ1v) is 9.07. The number of amides is 3. The number of benzene rings is 2. The van der Waals surface area contributed by atoms with Crippen LogP contribution in [0.4, 0.5) is 20.6 Å². The van der Waals surface area contributed by atoms with Gasteiger partial charge in [0.25, 0.3) is 5.91 Å². The lowest BCUT2D eigenvalue weighted by molar-refractivity contribution is 0.0747. The van der Waals surface area contributed by atoms with E-state index in [1.165, 1.54) is 12.1 Å². The highest BCUT2D eigenvalue weighted by molar-refractivity contribution is 5.97. The Morgan fingerprint density at radius 1 is 0.852 bits per heavy atom. The van der Waals surface area contributed by atoms with Crippen molar-refractivity contribution in [2.24, 2.45) is 0 Å². The summed E-state index contributed by atoms with van der Waals surface area (Å²) in [5, 5.41) is 2.76. The summed E-state index contributed by atoms with van der Waals surface area (Å²) in [5.74, 6) is -0.256. The van der Waals surface area contributed by atoms with Gasteiger partial charge in [0.1, 0.15) is 5.82 Å². The molecule has 0 radical (unpaired) electrons. The van der Waals surface area contributed by atoms with Crippen LogP contribution in [-0.2, 0) is 0 Å². The average Bonchev–Trinajstić information content (AvgIpc) is 3.14. The van der Waals surface area contributed by atoms with Crippen LogP contribution in [0.2, 0.25) is 0 Å². The summed E-state index contributed by atoms with van der Waals surface area (Å²) in [5.41, 5.74) is 2.38. The average molecular weight is 368 g/mol. The van der Waals surface area contributed by atoms with Crippen molar-refractivity contribution in [2.45, 2.75) is 0 Å². The van der Waals surface area contributed by atoms with Crippen molar-refractivity contribution in [2.75, 3.05) is 49.1 Å². The van der Waals surface area contributed by atoms with Gasteiger partial charge in [-0.2, -0.15) is 0 Å². The molecule has 140 valence electrons. The van der Waals surface area contributed by atoms with E-state index in [1.807, 2.05) is 17.0 Å². The lowest BCUT2D eigenvalue weighted by Crippen LogP contribution is -2.48. The van der Waals surface area contributed by atoms with Crippen LogP contribution >= 0.6 is 0 Å². The maximum absolute atomic E-state index is 13.1. The standard InChI is InChI=1S/C20H21FN4O2/c21-16-3-7-17(8-4-16)23-11-13-24(14-12-23)19(26)15-1-5-18(6-2-15)25-10-9-22-20(25)27/h1-8H,9-14H2,(H,22,27). The molecule has 0 spiro atoms. The number of carbonyl (C=O) groups excluding carboxylic acids is 2. The highest BCUT2D eigenvalue weighted by Gasteiger charge is 2.24. The Morgan fingerprint density at radius 3 is 2.07 bits per heavy atom. The smallest absolute Gasteiger partial charge is 0.321 e. The fraction of sp³-hybridized carbons (Fsp3) is 0.300. The Morgan fingerprint density at radius 2 is 1.48 bits per heavy atom. The SMILES string of the molecule is O=C(c1ccc(N2CCNC2=O)cc1)N1CCN(c2ccc(F)cc2)CC1. The van der Waals surface area contributed by atoms with E-state index in [4.69, 9.17) is 0 Å². The Balaban J connectivity index is 1.37. The lowest BCUT2D eigenvalue weighted by Gasteiger charge is -2.36. The van der Waals surface area contributed by atoms with Crippen molar-refractivity contribution in [3.05, 3.63) is 59.9 Å². The molecule has 2 aliphatic heterocycles. The van der Waals surface area contributed by atoms with Gasteiger partial charge in [0.15, 0.2) is 0 Å². The van der Waals surface area contributed by atoms with Crippen molar-refractivity contribution >= 4 is 23.3 Å². The zero-order valence-corrected chi connectivity index (χ0v) is 14.9. The van der Waals surface area contributed by atoms with E-state index in [1.54, 1.807) is 29.2 Å². The number of nitrogens with zero attached hydrogens (tertiary/aromatic N) is 3. The number of anilines is 2. The number of carbonyl (C=O) groups is 2. The quantitative estimate of drug-likeness (QED) is 0.905. The molecule has 0 aromatic heterocycles. The van der Waals surface area contributed by atoms with Gasteiger partial charge in [0.2, 0.25) is 0 Å². The van der Waals surface area contributed by atoms with Gasteiger partial charge in [-0.05, 0) is 48.5 Å². The fourth-order valence-corrected chi connectivity index (χ4v) is 3.50. The van der Waals surface area contributed by atoms with E-state index in [0.29, 0.717) is 44.8 Å². The number of piperazine rings is 1. The molecule has 2 aromatic carbocycles. The molecule has 27 heavy (non-hydrogen) atoms. The zero-order valence-electron chi connectivity index (χ0n) is 14.9. The van der Waals surface area contributed by atoms with Crippen LogP contribution in [0.15, 0.2) is 48.5 Å². The second-order valence-electron chi connectivity index (χ2n) is 6.69. The summed E-state index contributed by atoms with van der Waals surface area (Å²) in [4.78, 5) is 30.1. The second kappa shape index (κ2) is 7.26. The number of nitrogens with one attached hydrogen (secondary N) is 1. The molecule has 0 saturated carbocycles. The van der Waals surface area contributed by atoms with Gasteiger partial charge < -0.3 is 15.1 Å². The van der Waals surface area contributed by atoms with E-state index in [2.05, 4.69) is 10.2 Å². The summed E-state index contributed by atoms with van der Waals surface area (Å²) < 4.78 is 13.1. The molecule has 2 aromatic rings. The van der Waals surface area contributed by atoms with E-state index < -0.39 is 0 Å². The molecule has 0 unspecified atom stereocenters. The molecule has 2 aliphatic rings. The van der Waals surface area contributed by atoms with E-state index in [0.717, 1.165) is 11.4 Å². The lowest BCUT2D eigenvalue weighted by atomic mass is 10.1. The van der Waals surface area contributed by atoms with Crippen molar-refractivity contribution in [3.63, 3.8) is 0 Å². The summed E-state index contributed by atoms with van der Waals surface area (Å²) in [6.45, 7) is 3.93. The molecular formula is C20H21FN4O2. The van der Waals surface area contributed by atoms with Gasteiger partial charge in [-0.1, -0.05) is 0 Å². The predicted molar refractivity (Wildman–Crippen MR) is 102 cm³/mol. The normalized spacial score (nSPS) is 17.2. The minimum atomic E-state index is -0.248. The van der Waals surface area contributed by atoms with E-state index >= 15 is 0 Å². The van der Waals surface area contributed by atoms with Crippen LogP contribution in [-0.4, -0.2) is 56.1 Å². The molecule has 2 fully saturated rings. The van der Waals surface area contributed by atoms with Crippen molar-refractivity contribution in [1.29, 1.82) is 0 Å². The van der Waals surface area contributed by atoms with Gasteiger partial charge in [-0.3, -0.25) is 9.69 Å². The first-order valence-electron chi connectivity index (χ1n) is 9.07. The maximum Gasteiger partial charge on any atom is 0.321 e.